The van der Waals surface area contributed by atoms with Crippen LogP contribution in [0.2, 0.25) is 0 Å². The number of aryl methyl sites for hydroxylation is 1. The Morgan fingerprint density at radius 1 is 1.40 bits per heavy atom. The van der Waals surface area contributed by atoms with E-state index in [0.29, 0.717) is 5.56 Å². The summed E-state index contributed by atoms with van der Waals surface area (Å²) < 4.78 is 37.5. The van der Waals surface area contributed by atoms with Crippen LogP contribution in [-0.2, 0) is 6.42 Å². The van der Waals surface area contributed by atoms with Crippen molar-refractivity contribution in [1.29, 1.82) is 10.8 Å². The molecule has 0 aliphatic heterocycles. The van der Waals surface area contributed by atoms with Gasteiger partial charge in [0, 0.05) is 17.5 Å². The Kier molecular flexibility index (Phi) is 5.01. The number of primary amides is 1. The molecule has 0 saturated heterocycles. The van der Waals surface area contributed by atoms with Gasteiger partial charge in [-0.05, 0) is 30.5 Å². The van der Waals surface area contributed by atoms with Gasteiger partial charge < -0.3 is 16.6 Å². The average molecular weight is 285 g/mol. The van der Waals surface area contributed by atoms with E-state index in [1.807, 2.05) is 0 Å². The molecule has 0 aliphatic rings. The van der Waals surface area contributed by atoms with E-state index < -0.39 is 23.7 Å². The number of halogens is 3. The van der Waals surface area contributed by atoms with Crippen LogP contribution >= 0.6 is 0 Å². The summed E-state index contributed by atoms with van der Waals surface area (Å²) in [5, 5.41) is 14.2. The van der Waals surface area contributed by atoms with Crippen molar-refractivity contribution >= 4 is 17.8 Å². The molecule has 1 rings (SSSR count). The number of carbonyl (C=O) groups is 1. The maximum absolute atomic E-state index is 12.5. The lowest BCUT2D eigenvalue weighted by Gasteiger charge is -2.16. The van der Waals surface area contributed by atoms with Crippen LogP contribution in [0.25, 0.3) is 0 Å². The van der Waals surface area contributed by atoms with Crippen LogP contribution in [-0.4, -0.2) is 24.0 Å². The van der Waals surface area contributed by atoms with E-state index in [-0.39, 0.29) is 24.6 Å². The molecule has 20 heavy (non-hydrogen) atoms. The summed E-state index contributed by atoms with van der Waals surface area (Å²) in [6.45, 7) is 0. The molecule has 0 heterocycles. The number of nitrogens with one attached hydrogen (secondary N) is 2. The fraction of sp³-hybridized carbons (Fsp3) is 0.308. The topological polar surface area (TPSA) is 90.8 Å². The minimum absolute atomic E-state index is 0.137. The zero-order valence-corrected chi connectivity index (χ0v) is 10.5. The highest BCUT2D eigenvalue weighted by Crippen LogP contribution is 2.26. The Hall–Kier alpha value is -2.18. The van der Waals surface area contributed by atoms with Crippen molar-refractivity contribution in [3.05, 3.63) is 35.4 Å². The van der Waals surface area contributed by atoms with E-state index in [2.05, 4.69) is 0 Å². The van der Waals surface area contributed by atoms with Gasteiger partial charge in [0.05, 0.1) is 0 Å². The van der Waals surface area contributed by atoms with Gasteiger partial charge in [-0.2, -0.15) is 13.2 Å². The number of amides is 1. The van der Waals surface area contributed by atoms with Gasteiger partial charge in [0.1, 0.15) is 5.92 Å². The zero-order valence-electron chi connectivity index (χ0n) is 10.5. The number of rotatable bonds is 6. The summed E-state index contributed by atoms with van der Waals surface area (Å²) in [6, 6.07) is 6.22. The molecule has 4 nitrogen and oxygen atoms in total. The van der Waals surface area contributed by atoms with Gasteiger partial charge in [0.15, 0.2) is 0 Å². The molecule has 0 spiro atoms. The third-order valence-corrected chi connectivity index (χ3v) is 2.79. The molecule has 0 bridgehead atoms. The summed E-state index contributed by atoms with van der Waals surface area (Å²) >= 11 is 0. The molecular formula is C13H14F3N3O. The lowest BCUT2D eigenvalue weighted by Crippen LogP contribution is -2.31. The molecule has 0 aliphatic carbocycles. The lowest BCUT2D eigenvalue weighted by atomic mass is 9.97. The summed E-state index contributed by atoms with van der Waals surface area (Å²) in [5.41, 5.74) is 5.43. The van der Waals surface area contributed by atoms with E-state index >= 15 is 0 Å². The molecule has 4 N–H and O–H groups in total. The summed E-state index contributed by atoms with van der Waals surface area (Å²) in [7, 11) is 0. The number of alkyl halides is 3. The second-order valence-corrected chi connectivity index (χ2v) is 4.28. The Labute approximate surface area is 113 Å². The van der Waals surface area contributed by atoms with Crippen LogP contribution in [0.4, 0.5) is 13.2 Å². The molecule has 1 unspecified atom stereocenters. The first-order valence-corrected chi connectivity index (χ1v) is 5.79. The molecule has 1 amide bonds. The van der Waals surface area contributed by atoms with Crippen molar-refractivity contribution < 1.29 is 18.0 Å². The second-order valence-electron chi connectivity index (χ2n) is 4.28. The number of hydrogen-bond donors (Lipinski definition) is 3. The zero-order chi connectivity index (χ0) is 15.3. The first kappa shape index (κ1) is 15.9. The average Bonchev–Trinajstić information content (AvgIpc) is 2.35. The van der Waals surface area contributed by atoms with Gasteiger partial charge in [0.25, 0.3) is 0 Å². The van der Waals surface area contributed by atoms with Crippen molar-refractivity contribution in [3.8, 4) is 0 Å². The molecule has 1 aromatic rings. The molecule has 0 saturated carbocycles. The number of hydrogen-bond acceptors (Lipinski definition) is 3. The standard InChI is InChI=1S/C13H14F3N3O/c14-13(15,16)10(7-17)11(18)5-4-8-2-1-3-9(6-8)12(19)20/h1-3,6-7,10,17-18H,4-5H2,(H2,19,20). The predicted octanol–water partition coefficient (Wildman–Crippen LogP) is 2.57. The maximum Gasteiger partial charge on any atom is 0.401 e. The monoisotopic (exact) mass is 285 g/mol. The molecule has 1 aromatic carbocycles. The first-order chi connectivity index (χ1) is 9.25. The number of nitrogens with two attached hydrogens (primary N) is 1. The van der Waals surface area contributed by atoms with E-state index in [1.165, 1.54) is 12.1 Å². The highest BCUT2D eigenvalue weighted by atomic mass is 19.4. The SMILES string of the molecule is N=CC(C(=N)CCc1cccc(C(N)=O)c1)C(F)(F)F. The smallest absolute Gasteiger partial charge is 0.366 e. The van der Waals surface area contributed by atoms with Crippen molar-refractivity contribution in [2.24, 2.45) is 11.7 Å². The fourth-order valence-electron chi connectivity index (χ4n) is 1.71. The predicted molar refractivity (Wildman–Crippen MR) is 69.3 cm³/mol. The Bertz CT molecular complexity index is 526. The fourth-order valence-corrected chi connectivity index (χ4v) is 1.71. The molecule has 1 atom stereocenters. The third kappa shape index (κ3) is 4.18. The maximum atomic E-state index is 12.5. The summed E-state index contributed by atoms with van der Waals surface area (Å²) in [5.74, 6) is -2.77. The van der Waals surface area contributed by atoms with Crippen LogP contribution in [0, 0.1) is 16.7 Å². The van der Waals surface area contributed by atoms with E-state index in [1.54, 1.807) is 12.1 Å². The molecule has 0 fully saturated rings. The molecule has 7 heteroatoms. The minimum Gasteiger partial charge on any atom is -0.366 e. The molecule has 108 valence electrons. The minimum atomic E-state index is -4.62. The van der Waals surface area contributed by atoms with E-state index in [0.717, 1.165) is 0 Å². The second kappa shape index (κ2) is 6.31. The Balaban J connectivity index is 2.72. The summed E-state index contributed by atoms with van der Waals surface area (Å²) in [6.07, 6.45) is -4.35. The summed E-state index contributed by atoms with van der Waals surface area (Å²) in [4.78, 5) is 11.0. The highest BCUT2D eigenvalue weighted by Gasteiger charge is 2.40. The van der Waals surface area contributed by atoms with Crippen LogP contribution in [0.5, 0.6) is 0 Å². The number of benzene rings is 1. The van der Waals surface area contributed by atoms with E-state index in [4.69, 9.17) is 16.6 Å². The van der Waals surface area contributed by atoms with Gasteiger partial charge in [-0.25, -0.2) is 0 Å². The van der Waals surface area contributed by atoms with E-state index in [9.17, 15) is 18.0 Å². The largest absolute Gasteiger partial charge is 0.401 e. The normalized spacial score (nSPS) is 12.8. The van der Waals surface area contributed by atoms with Crippen LogP contribution in [0.1, 0.15) is 22.3 Å². The Morgan fingerprint density at radius 2 is 2.05 bits per heavy atom. The van der Waals surface area contributed by atoms with Gasteiger partial charge >= 0.3 is 6.18 Å². The van der Waals surface area contributed by atoms with Gasteiger partial charge in [-0.1, -0.05) is 12.1 Å². The molecular weight excluding hydrogens is 271 g/mol. The van der Waals surface area contributed by atoms with Gasteiger partial charge in [0.2, 0.25) is 5.91 Å². The van der Waals surface area contributed by atoms with Crippen molar-refractivity contribution in [3.63, 3.8) is 0 Å². The van der Waals surface area contributed by atoms with Crippen molar-refractivity contribution in [1.82, 2.24) is 0 Å². The van der Waals surface area contributed by atoms with Crippen molar-refractivity contribution in [2.45, 2.75) is 19.0 Å². The third-order valence-electron chi connectivity index (χ3n) is 2.79. The quantitative estimate of drug-likeness (QED) is 0.689. The first-order valence-electron chi connectivity index (χ1n) is 5.79. The van der Waals surface area contributed by atoms with Crippen LogP contribution < -0.4 is 5.73 Å². The molecule has 0 radical (unpaired) electrons. The van der Waals surface area contributed by atoms with Gasteiger partial charge in [-0.15, -0.1) is 0 Å². The highest BCUT2D eigenvalue weighted by molar-refractivity contribution is 5.97. The molecule has 0 aromatic heterocycles. The van der Waals surface area contributed by atoms with Crippen molar-refractivity contribution in [2.75, 3.05) is 0 Å². The Morgan fingerprint density at radius 3 is 2.55 bits per heavy atom. The lowest BCUT2D eigenvalue weighted by molar-refractivity contribution is -0.138. The number of carbonyl (C=O) groups excluding carboxylic acids is 1. The van der Waals surface area contributed by atoms with Gasteiger partial charge in [-0.3, -0.25) is 4.79 Å². The van der Waals surface area contributed by atoms with Crippen LogP contribution in [0.3, 0.4) is 0 Å². The van der Waals surface area contributed by atoms with Crippen LogP contribution in [0.15, 0.2) is 24.3 Å².